The lowest BCUT2D eigenvalue weighted by Gasteiger charge is -1.96. The average Bonchev–Trinajstić information content (AvgIpc) is 2.03. The van der Waals surface area contributed by atoms with Gasteiger partial charge in [0.1, 0.15) is 10.3 Å². The van der Waals surface area contributed by atoms with Crippen LogP contribution < -0.4 is 0 Å². The highest BCUT2D eigenvalue weighted by molar-refractivity contribution is 6.33. The molecule has 0 atom stereocenters. The number of aliphatic hydroxyl groups is 1. The van der Waals surface area contributed by atoms with Crippen LogP contribution in [0.25, 0.3) is 6.08 Å². The van der Waals surface area contributed by atoms with E-state index in [1.165, 1.54) is 0 Å². The van der Waals surface area contributed by atoms with Gasteiger partial charge in [0.15, 0.2) is 0 Å². The standard InChI is InChI=1S/C8H7Cl2NO/c9-7-4-3-6(2-1-5-12)8(10)11-7/h1-4,12H,5H2. The van der Waals surface area contributed by atoms with E-state index in [4.69, 9.17) is 28.3 Å². The summed E-state index contributed by atoms with van der Waals surface area (Å²) in [7, 11) is 0. The van der Waals surface area contributed by atoms with Crippen LogP contribution in [0.5, 0.6) is 0 Å². The van der Waals surface area contributed by atoms with Gasteiger partial charge in [-0.05, 0) is 12.1 Å². The maximum absolute atomic E-state index is 8.50. The summed E-state index contributed by atoms with van der Waals surface area (Å²) >= 11 is 11.3. The second-order valence-electron chi connectivity index (χ2n) is 2.10. The van der Waals surface area contributed by atoms with Crippen molar-refractivity contribution in [2.24, 2.45) is 0 Å². The maximum atomic E-state index is 8.50. The summed E-state index contributed by atoms with van der Waals surface area (Å²) in [6, 6.07) is 3.38. The fourth-order valence-electron chi connectivity index (χ4n) is 0.727. The Balaban J connectivity index is 2.94. The number of aromatic nitrogens is 1. The molecular weight excluding hydrogens is 197 g/mol. The minimum atomic E-state index is -0.0149. The van der Waals surface area contributed by atoms with Crippen molar-refractivity contribution in [2.45, 2.75) is 0 Å². The lowest BCUT2D eigenvalue weighted by Crippen LogP contribution is -1.81. The zero-order valence-electron chi connectivity index (χ0n) is 6.17. The molecule has 0 fully saturated rings. The van der Waals surface area contributed by atoms with Crippen molar-refractivity contribution in [1.82, 2.24) is 4.98 Å². The summed E-state index contributed by atoms with van der Waals surface area (Å²) in [6.45, 7) is -0.0149. The van der Waals surface area contributed by atoms with Gasteiger partial charge in [-0.2, -0.15) is 0 Å². The molecule has 0 unspecified atom stereocenters. The van der Waals surface area contributed by atoms with Gasteiger partial charge in [0.05, 0.1) is 6.61 Å². The van der Waals surface area contributed by atoms with Gasteiger partial charge in [-0.3, -0.25) is 0 Å². The molecular formula is C8H7Cl2NO. The molecule has 1 N–H and O–H groups in total. The first kappa shape index (κ1) is 9.52. The predicted molar refractivity (Wildman–Crippen MR) is 50.4 cm³/mol. The van der Waals surface area contributed by atoms with Crippen molar-refractivity contribution in [2.75, 3.05) is 6.61 Å². The number of hydrogen-bond donors (Lipinski definition) is 1. The fraction of sp³-hybridized carbons (Fsp3) is 0.125. The van der Waals surface area contributed by atoms with Gasteiger partial charge in [0.2, 0.25) is 0 Å². The van der Waals surface area contributed by atoms with Crippen LogP contribution in [0.4, 0.5) is 0 Å². The molecule has 1 aromatic heterocycles. The van der Waals surface area contributed by atoms with E-state index in [1.54, 1.807) is 24.3 Å². The van der Waals surface area contributed by atoms with E-state index in [0.29, 0.717) is 10.3 Å². The lowest BCUT2D eigenvalue weighted by atomic mass is 10.2. The lowest BCUT2D eigenvalue weighted by molar-refractivity contribution is 0.343. The number of rotatable bonds is 2. The van der Waals surface area contributed by atoms with Crippen molar-refractivity contribution in [3.05, 3.63) is 34.1 Å². The Morgan fingerprint density at radius 3 is 2.75 bits per heavy atom. The largest absolute Gasteiger partial charge is 0.392 e. The smallest absolute Gasteiger partial charge is 0.138 e. The molecule has 0 radical (unpaired) electrons. The Morgan fingerprint density at radius 1 is 1.42 bits per heavy atom. The van der Waals surface area contributed by atoms with Crippen LogP contribution in [0.2, 0.25) is 10.3 Å². The molecule has 0 saturated heterocycles. The summed E-state index contributed by atoms with van der Waals surface area (Å²) in [5, 5.41) is 9.20. The Kier molecular flexibility index (Phi) is 3.53. The number of aliphatic hydroxyl groups excluding tert-OH is 1. The molecule has 1 rings (SSSR count). The van der Waals surface area contributed by atoms with Crippen molar-refractivity contribution in [3.8, 4) is 0 Å². The van der Waals surface area contributed by atoms with E-state index in [1.807, 2.05) is 0 Å². The van der Waals surface area contributed by atoms with Gasteiger partial charge in [0.25, 0.3) is 0 Å². The van der Waals surface area contributed by atoms with Gasteiger partial charge in [-0.25, -0.2) is 4.98 Å². The highest BCUT2D eigenvalue weighted by atomic mass is 35.5. The van der Waals surface area contributed by atoms with Crippen LogP contribution in [0.1, 0.15) is 5.56 Å². The number of pyridine rings is 1. The first-order valence-corrected chi connectivity index (χ1v) is 4.09. The maximum Gasteiger partial charge on any atom is 0.138 e. The van der Waals surface area contributed by atoms with Crippen LogP contribution >= 0.6 is 23.2 Å². The molecule has 0 aliphatic rings. The van der Waals surface area contributed by atoms with Crippen molar-refractivity contribution < 1.29 is 5.11 Å². The van der Waals surface area contributed by atoms with E-state index < -0.39 is 0 Å². The van der Waals surface area contributed by atoms with Gasteiger partial charge in [-0.15, -0.1) is 0 Å². The summed E-state index contributed by atoms with van der Waals surface area (Å²) in [4.78, 5) is 3.82. The van der Waals surface area contributed by atoms with Crippen LogP contribution in [-0.4, -0.2) is 16.7 Å². The summed E-state index contributed by atoms with van der Waals surface area (Å²) in [5.74, 6) is 0. The summed E-state index contributed by atoms with van der Waals surface area (Å²) < 4.78 is 0. The molecule has 0 saturated carbocycles. The minimum Gasteiger partial charge on any atom is -0.392 e. The third-order valence-corrected chi connectivity index (χ3v) is 1.76. The molecule has 1 aromatic rings. The van der Waals surface area contributed by atoms with E-state index >= 15 is 0 Å². The number of halogens is 2. The van der Waals surface area contributed by atoms with E-state index in [9.17, 15) is 0 Å². The zero-order valence-corrected chi connectivity index (χ0v) is 7.68. The molecule has 0 aromatic carbocycles. The molecule has 0 aliphatic carbocycles. The number of hydrogen-bond acceptors (Lipinski definition) is 2. The second kappa shape index (κ2) is 4.45. The predicted octanol–water partition coefficient (Wildman–Crippen LogP) is 2.39. The first-order valence-electron chi connectivity index (χ1n) is 3.33. The van der Waals surface area contributed by atoms with Crippen molar-refractivity contribution in [1.29, 1.82) is 0 Å². The van der Waals surface area contributed by atoms with Crippen molar-refractivity contribution in [3.63, 3.8) is 0 Å². The highest BCUT2D eigenvalue weighted by Crippen LogP contribution is 2.17. The molecule has 0 spiro atoms. The molecule has 4 heteroatoms. The molecule has 1 heterocycles. The Labute approximate surface area is 80.5 Å². The normalized spacial score (nSPS) is 10.9. The SMILES string of the molecule is OCC=Cc1ccc(Cl)nc1Cl. The third-order valence-electron chi connectivity index (χ3n) is 1.25. The Hall–Kier alpha value is -0.570. The van der Waals surface area contributed by atoms with E-state index in [-0.39, 0.29) is 6.61 Å². The van der Waals surface area contributed by atoms with E-state index in [2.05, 4.69) is 4.98 Å². The minimum absolute atomic E-state index is 0.0149. The van der Waals surface area contributed by atoms with Gasteiger partial charge < -0.3 is 5.11 Å². The van der Waals surface area contributed by atoms with Crippen LogP contribution in [0.15, 0.2) is 18.2 Å². The Bertz CT molecular complexity index is 299. The Morgan fingerprint density at radius 2 is 2.17 bits per heavy atom. The third kappa shape index (κ3) is 2.48. The zero-order chi connectivity index (χ0) is 8.97. The van der Waals surface area contributed by atoms with Crippen LogP contribution in [-0.2, 0) is 0 Å². The molecule has 12 heavy (non-hydrogen) atoms. The number of nitrogens with zero attached hydrogens (tertiary/aromatic N) is 1. The molecule has 2 nitrogen and oxygen atoms in total. The average molecular weight is 204 g/mol. The molecule has 0 amide bonds. The topological polar surface area (TPSA) is 33.1 Å². The second-order valence-corrected chi connectivity index (χ2v) is 2.84. The fourth-order valence-corrected chi connectivity index (χ4v) is 1.13. The van der Waals surface area contributed by atoms with Gasteiger partial charge in [-0.1, -0.05) is 35.4 Å². The highest BCUT2D eigenvalue weighted by Gasteiger charge is 1.97. The van der Waals surface area contributed by atoms with Gasteiger partial charge in [0, 0.05) is 5.56 Å². The van der Waals surface area contributed by atoms with E-state index in [0.717, 1.165) is 5.56 Å². The van der Waals surface area contributed by atoms with Crippen LogP contribution in [0.3, 0.4) is 0 Å². The monoisotopic (exact) mass is 203 g/mol. The summed E-state index contributed by atoms with van der Waals surface area (Å²) in [5.41, 5.74) is 0.745. The quantitative estimate of drug-likeness (QED) is 0.750. The molecule has 0 bridgehead atoms. The summed E-state index contributed by atoms with van der Waals surface area (Å²) in [6.07, 6.45) is 3.27. The molecule has 64 valence electrons. The van der Waals surface area contributed by atoms with Crippen molar-refractivity contribution >= 4 is 29.3 Å². The first-order chi connectivity index (χ1) is 5.74. The molecule has 0 aliphatic heterocycles. The van der Waals surface area contributed by atoms with Gasteiger partial charge >= 0.3 is 0 Å². The van der Waals surface area contributed by atoms with Crippen LogP contribution in [0, 0.1) is 0 Å².